The third kappa shape index (κ3) is 3.18. The van der Waals surface area contributed by atoms with Crippen LogP contribution in [0, 0.1) is 11.8 Å². The lowest BCUT2D eigenvalue weighted by Gasteiger charge is -2.33. The molecule has 2 rings (SSSR count). The third-order valence-corrected chi connectivity index (χ3v) is 5.48. The van der Waals surface area contributed by atoms with Crippen molar-refractivity contribution in [2.45, 2.75) is 40.0 Å². The second-order valence-corrected chi connectivity index (χ2v) is 7.06. The fourth-order valence-corrected chi connectivity index (χ4v) is 4.16. The van der Waals surface area contributed by atoms with Gasteiger partial charge in [-0.2, -0.15) is 0 Å². The van der Waals surface area contributed by atoms with Crippen LogP contribution in [0.15, 0.2) is 0 Å². The first-order valence-electron chi connectivity index (χ1n) is 7.74. The Kier molecular flexibility index (Phi) is 5.14. The number of nitrogens with two attached hydrogens (primary N) is 1. The Morgan fingerprint density at radius 1 is 1.52 bits per heavy atom. The van der Waals surface area contributed by atoms with E-state index in [0.29, 0.717) is 16.3 Å². The number of piperidine rings is 1. The zero-order chi connectivity index (χ0) is 15.6. The number of ether oxygens (including phenoxy) is 1. The normalized spacial score (nSPS) is 19.1. The maximum Gasteiger partial charge on any atom is 0.177 e. The van der Waals surface area contributed by atoms with Gasteiger partial charge in [0.15, 0.2) is 11.5 Å². The van der Waals surface area contributed by atoms with Gasteiger partial charge in [-0.3, -0.25) is 4.79 Å². The predicted octanol–water partition coefficient (Wildman–Crippen LogP) is 3.80. The van der Waals surface area contributed by atoms with Gasteiger partial charge in [-0.25, -0.2) is 0 Å². The van der Waals surface area contributed by atoms with Crippen molar-refractivity contribution in [3.05, 3.63) is 4.88 Å². The number of thiophene rings is 1. The highest BCUT2D eigenvalue weighted by Gasteiger charge is 2.28. The van der Waals surface area contributed by atoms with Crippen molar-refractivity contribution in [1.29, 1.82) is 0 Å². The molecule has 1 aliphatic heterocycles. The highest BCUT2D eigenvalue weighted by molar-refractivity contribution is 7.19. The topological polar surface area (TPSA) is 55.6 Å². The highest BCUT2D eigenvalue weighted by Crippen LogP contribution is 2.46. The summed E-state index contributed by atoms with van der Waals surface area (Å²) in [5, 5.41) is 1.03. The summed E-state index contributed by atoms with van der Waals surface area (Å²) in [6, 6.07) is 0. The lowest BCUT2D eigenvalue weighted by Crippen LogP contribution is -2.34. The molecule has 0 amide bonds. The summed E-state index contributed by atoms with van der Waals surface area (Å²) in [6.07, 6.45) is 3.67. The average molecular weight is 310 g/mol. The smallest absolute Gasteiger partial charge is 0.177 e. The number of anilines is 2. The van der Waals surface area contributed by atoms with E-state index in [4.69, 9.17) is 10.5 Å². The van der Waals surface area contributed by atoms with Crippen LogP contribution in [0.25, 0.3) is 0 Å². The standard InChI is InChI=1S/C16H26N2O2S/c1-5-11-7-6-8-18(9-11)16-14(20-4)12(17)15(21-16)13(19)10(2)3/h10-11H,5-9,17H2,1-4H3. The minimum atomic E-state index is -0.0479. The van der Waals surface area contributed by atoms with Crippen LogP contribution in [-0.4, -0.2) is 26.0 Å². The van der Waals surface area contributed by atoms with E-state index in [9.17, 15) is 4.79 Å². The first-order valence-corrected chi connectivity index (χ1v) is 8.56. The monoisotopic (exact) mass is 310 g/mol. The average Bonchev–Trinajstić information content (AvgIpc) is 2.83. The molecule has 1 aromatic heterocycles. The largest absolute Gasteiger partial charge is 0.492 e. The summed E-state index contributed by atoms with van der Waals surface area (Å²) in [6.45, 7) is 8.09. The van der Waals surface area contributed by atoms with E-state index in [1.165, 1.54) is 30.6 Å². The molecule has 0 aromatic carbocycles. The molecule has 0 aliphatic carbocycles. The molecule has 0 bridgehead atoms. The summed E-state index contributed by atoms with van der Waals surface area (Å²) in [5.74, 6) is 1.45. The third-order valence-electron chi connectivity index (χ3n) is 4.22. The summed E-state index contributed by atoms with van der Waals surface area (Å²) in [7, 11) is 1.63. The molecule has 2 N–H and O–H groups in total. The van der Waals surface area contributed by atoms with Gasteiger partial charge >= 0.3 is 0 Å². The molecule has 1 aliphatic rings. The van der Waals surface area contributed by atoms with Crippen molar-refractivity contribution in [2.75, 3.05) is 30.8 Å². The van der Waals surface area contributed by atoms with Crippen molar-refractivity contribution in [1.82, 2.24) is 0 Å². The van der Waals surface area contributed by atoms with Gasteiger partial charge in [0.2, 0.25) is 0 Å². The van der Waals surface area contributed by atoms with Gasteiger partial charge in [-0.05, 0) is 18.8 Å². The van der Waals surface area contributed by atoms with E-state index in [-0.39, 0.29) is 11.7 Å². The lowest BCUT2D eigenvalue weighted by molar-refractivity contribution is 0.0944. The van der Waals surface area contributed by atoms with Crippen LogP contribution in [0.5, 0.6) is 5.75 Å². The summed E-state index contributed by atoms with van der Waals surface area (Å²) < 4.78 is 5.50. The first kappa shape index (κ1) is 16.1. The minimum Gasteiger partial charge on any atom is -0.492 e. The van der Waals surface area contributed by atoms with Crippen LogP contribution in [0.4, 0.5) is 10.7 Å². The quantitative estimate of drug-likeness (QED) is 0.840. The van der Waals surface area contributed by atoms with Crippen molar-refractivity contribution >= 4 is 27.8 Å². The van der Waals surface area contributed by atoms with Crippen LogP contribution in [0.3, 0.4) is 0 Å². The van der Waals surface area contributed by atoms with Crippen LogP contribution >= 0.6 is 11.3 Å². The van der Waals surface area contributed by atoms with E-state index in [2.05, 4.69) is 11.8 Å². The number of carbonyl (C=O) groups excluding carboxylic acids is 1. The zero-order valence-corrected chi connectivity index (χ0v) is 14.3. The number of ketones is 1. The molecule has 0 saturated carbocycles. The van der Waals surface area contributed by atoms with Crippen LogP contribution in [0.1, 0.15) is 49.7 Å². The van der Waals surface area contributed by atoms with Crippen molar-refractivity contribution in [3.63, 3.8) is 0 Å². The van der Waals surface area contributed by atoms with Crippen LogP contribution < -0.4 is 15.4 Å². The molecular formula is C16H26N2O2S. The van der Waals surface area contributed by atoms with Crippen LogP contribution in [0.2, 0.25) is 0 Å². The molecule has 5 heteroatoms. The Morgan fingerprint density at radius 3 is 2.81 bits per heavy atom. The fraction of sp³-hybridized carbons (Fsp3) is 0.688. The highest BCUT2D eigenvalue weighted by atomic mass is 32.1. The van der Waals surface area contributed by atoms with E-state index < -0.39 is 0 Å². The maximum absolute atomic E-state index is 12.3. The van der Waals surface area contributed by atoms with Crippen LogP contribution in [-0.2, 0) is 0 Å². The number of nitrogens with zero attached hydrogens (tertiary/aromatic N) is 1. The van der Waals surface area contributed by atoms with Gasteiger partial charge in [0, 0.05) is 19.0 Å². The number of Topliss-reactive ketones (excluding diaryl/α,β-unsaturated/α-hetero) is 1. The Bertz CT molecular complexity index is 511. The number of hydrogen-bond donors (Lipinski definition) is 1. The maximum atomic E-state index is 12.3. The molecule has 0 radical (unpaired) electrons. The Morgan fingerprint density at radius 2 is 2.24 bits per heavy atom. The van der Waals surface area contributed by atoms with E-state index in [1.807, 2.05) is 13.8 Å². The molecule has 1 unspecified atom stereocenters. The van der Waals surface area contributed by atoms with Gasteiger partial charge < -0.3 is 15.4 Å². The molecule has 4 nitrogen and oxygen atoms in total. The number of carbonyl (C=O) groups is 1. The number of methoxy groups -OCH3 is 1. The number of rotatable bonds is 5. The Balaban J connectivity index is 2.35. The van der Waals surface area contributed by atoms with Gasteiger partial charge in [0.1, 0.15) is 5.00 Å². The molecule has 1 fully saturated rings. The molecule has 1 atom stereocenters. The summed E-state index contributed by atoms with van der Waals surface area (Å²) in [4.78, 5) is 15.3. The predicted molar refractivity (Wildman–Crippen MR) is 89.7 cm³/mol. The molecule has 21 heavy (non-hydrogen) atoms. The van der Waals surface area contributed by atoms with Gasteiger partial charge in [0.25, 0.3) is 0 Å². The molecule has 2 heterocycles. The fourth-order valence-electron chi connectivity index (χ4n) is 2.85. The van der Waals surface area contributed by atoms with Gasteiger partial charge in [-0.15, -0.1) is 11.3 Å². The lowest BCUT2D eigenvalue weighted by atomic mass is 9.96. The SMILES string of the molecule is CCC1CCCN(c2sc(C(=O)C(C)C)c(N)c2OC)C1. The molecular weight excluding hydrogens is 284 g/mol. The van der Waals surface area contributed by atoms with Crippen molar-refractivity contribution in [2.24, 2.45) is 11.8 Å². The van der Waals surface area contributed by atoms with Gasteiger partial charge in [0.05, 0.1) is 17.7 Å². The molecule has 0 spiro atoms. The van der Waals surface area contributed by atoms with E-state index in [1.54, 1.807) is 7.11 Å². The Hall–Kier alpha value is -1.23. The second-order valence-electron chi connectivity index (χ2n) is 6.06. The van der Waals surface area contributed by atoms with E-state index >= 15 is 0 Å². The summed E-state index contributed by atoms with van der Waals surface area (Å²) in [5.41, 5.74) is 6.67. The van der Waals surface area contributed by atoms with E-state index in [0.717, 1.165) is 24.0 Å². The zero-order valence-electron chi connectivity index (χ0n) is 13.4. The number of nitrogen functional groups attached to an aromatic ring is 1. The molecule has 1 aromatic rings. The van der Waals surface area contributed by atoms with Crippen molar-refractivity contribution in [3.8, 4) is 5.75 Å². The number of hydrogen-bond acceptors (Lipinski definition) is 5. The molecule has 1 saturated heterocycles. The Labute approximate surface area is 131 Å². The minimum absolute atomic E-state index is 0.0479. The van der Waals surface area contributed by atoms with Gasteiger partial charge in [-0.1, -0.05) is 27.2 Å². The summed E-state index contributed by atoms with van der Waals surface area (Å²) >= 11 is 1.49. The van der Waals surface area contributed by atoms with Crippen molar-refractivity contribution < 1.29 is 9.53 Å². The second kappa shape index (κ2) is 6.69. The first-order chi connectivity index (χ1) is 9.99. The molecule has 118 valence electrons.